The summed E-state index contributed by atoms with van der Waals surface area (Å²) < 4.78 is 13.0. The Labute approximate surface area is 187 Å². The van der Waals surface area contributed by atoms with E-state index in [0.29, 0.717) is 12.5 Å². The Hall–Kier alpha value is -2.84. The molecule has 0 N–H and O–H groups in total. The number of pyridine rings is 2. The van der Waals surface area contributed by atoms with Crippen LogP contribution in [0.2, 0.25) is 0 Å². The summed E-state index contributed by atoms with van der Waals surface area (Å²) in [6.07, 6.45) is 5.81. The third kappa shape index (κ3) is 4.38. The summed E-state index contributed by atoms with van der Waals surface area (Å²) >= 11 is 0. The molecule has 8 nitrogen and oxygen atoms in total. The molecule has 0 aromatic carbocycles. The summed E-state index contributed by atoms with van der Waals surface area (Å²) in [5.74, 6) is 1.15. The number of hydrogen-bond acceptors (Lipinski definition) is 6. The van der Waals surface area contributed by atoms with Crippen LogP contribution in [-0.4, -0.2) is 69.6 Å². The third-order valence-corrected chi connectivity index (χ3v) is 6.42. The molecule has 2 aliphatic rings. The highest BCUT2D eigenvalue weighted by atomic mass is 16.5. The Morgan fingerprint density at radius 1 is 1.19 bits per heavy atom. The van der Waals surface area contributed by atoms with Gasteiger partial charge in [0.2, 0.25) is 5.91 Å². The van der Waals surface area contributed by atoms with Gasteiger partial charge in [0.15, 0.2) is 11.5 Å². The zero-order valence-electron chi connectivity index (χ0n) is 18.4. The van der Waals surface area contributed by atoms with Gasteiger partial charge in [0.05, 0.1) is 18.4 Å². The quantitative estimate of drug-likeness (QED) is 0.592. The number of rotatable bonds is 6. The van der Waals surface area contributed by atoms with Gasteiger partial charge in [0.25, 0.3) is 0 Å². The van der Waals surface area contributed by atoms with Crippen LogP contribution in [-0.2, 0) is 14.3 Å². The summed E-state index contributed by atoms with van der Waals surface area (Å²) in [6.45, 7) is 4.90. The zero-order valence-corrected chi connectivity index (χ0v) is 18.4. The molecule has 0 bridgehead atoms. The molecule has 8 heteroatoms. The van der Waals surface area contributed by atoms with Crippen molar-refractivity contribution >= 4 is 16.9 Å². The zero-order chi connectivity index (χ0) is 21.9. The van der Waals surface area contributed by atoms with E-state index in [1.165, 1.54) is 0 Å². The van der Waals surface area contributed by atoms with E-state index in [0.717, 1.165) is 73.6 Å². The highest BCUT2D eigenvalue weighted by molar-refractivity contribution is 5.80. The van der Waals surface area contributed by atoms with Crippen molar-refractivity contribution < 1.29 is 14.3 Å². The van der Waals surface area contributed by atoms with Crippen LogP contribution in [0.1, 0.15) is 43.0 Å². The predicted molar refractivity (Wildman–Crippen MR) is 120 cm³/mol. The highest BCUT2D eigenvalue weighted by Crippen LogP contribution is 2.29. The van der Waals surface area contributed by atoms with Crippen LogP contribution >= 0.6 is 0 Å². The molecule has 5 rings (SSSR count). The number of hydrogen-bond donors (Lipinski definition) is 0. The van der Waals surface area contributed by atoms with Crippen molar-refractivity contribution in [2.45, 2.75) is 44.6 Å². The van der Waals surface area contributed by atoms with Gasteiger partial charge in [0.1, 0.15) is 6.61 Å². The number of carbonyl (C=O) groups excluding carboxylic acids is 1. The first-order chi connectivity index (χ1) is 15.7. The minimum atomic E-state index is 0.0636. The number of ether oxygens (including phenoxy) is 2. The molecule has 32 heavy (non-hydrogen) atoms. The molecular formula is C24H29N5O3. The van der Waals surface area contributed by atoms with Gasteiger partial charge in [0, 0.05) is 42.9 Å². The lowest BCUT2D eigenvalue weighted by Crippen LogP contribution is -2.40. The maximum absolute atomic E-state index is 12.5. The molecule has 5 heterocycles. The standard InChI is InChI=1S/C24H29N5O3/c1-17-20-7-8-21(26-24(20)29(27-17)22-6-2-3-11-25-22)18-9-12-28(13-10-18)23(30)16-31-15-19-5-4-14-32-19/h2-3,6-8,11,18-19H,4-5,9-10,12-16H2,1H3/t19-/m0/s1. The van der Waals surface area contributed by atoms with E-state index in [4.69, 9.17) is 14.5 Å². The molecule has 3 aromatic heterocycles. The Balaban J connectivity index is 1.22. The van der Waals surface area contributed by atoms with Crippen LogP contribution in [0.4, 0.5) is 0 Å². The second-order valence-corrected chi connectivity index (χ2v) is 8.60. The second kappa shape index (κ2) is 9.34. The maximum Gasteiger partial charge on any atom is 0.248 e. The number of likely N-dealkylation sites (tertiary alicyclic amines) is 1. The van der Waals surface area contributed by atoms with Crippen LogP contribution in [0.15, 0.2) is 36.5 Å². The summed E-state index contributed by atoms with van der Waals surface area (Å²) in [6, 6.07) is 9.99. The Morgan fingerprint density at radius 2 is 2.06 bits per heavy atom. The van der Waals surface area contributed by atoms with E-state index < -0.39 is 0 Å². The first-order valence-corrected chi connectivity index (χ1v) is 11.4. The molecule has 2 saturated heterocycles. The van der Waals surface area contributed by atoms with Crippen LogP contribution in [0.5, 0.6) is 0 Å². The minimum Gasteiger partial charge on any atom is -0.376 e. The van der Waals surface area contributed by atoms with Crippen molar-refractivity contribution in [3.8, 4) is 5.82 Å². The van der Waals surface area contributed by atoms with E-state index >= 15 is 0 Å². The normalized spacial score (nSPS) is 19.7. The molecule has 3 aromatic rings. The molecule has 1 atom stereocenters. The average molecular weight is 436 g/mol. The lowest BCUT2D eigenvalue weighted by atomic mass is 9.93. The molecule has 0 spiro atoms. The fourth-order valence-corrected chi connectivity index (χ4v) is 4.59. The van der Waals surface area contributed by atoms with Gasteiger partial charge in [-0.2, -0.15) is 9.78 Å². The van der Waals surface area contributed by atoms with Crippen LogP contribution in [0.3, 0.4) is 0 Å². The molecular weight excluding hydrogens is 406 g/mol. The fourth-order valence-electron chi connectivity index (χ4n) is 4.59. The highest BCUT2D eigenvalue weighted by Gasteiger charge is 2.26. The van der Waals surface area contributed by atoms with Crippen LogP contribution in [0.25, 0.3) is 16.9 Å². The van der Waals surface area contributed by atoms with Gasteiger partial charge in [-0.05, 0) is 56.9 Å². The molecule has 0 saturated carbocycles. The van der Waals surface area contributed by atoms with Crippen molar-refractivity contribution in [2.24, 2.45) is 0 Å². The fraction of sp³-hybridized carbons (Fsp3) is 0.500. The largest absolute Gasteiger partial charge is 0.376 e. The molecule has 1 amide bonds. The third-order valence-electron chi connectivity index (χ3n) is 6.42. The number of piperidine rings is 1. The van der Waals surface area contributed by atoms with Gasteiger partial charge < -0.3 is 14.4 Å². The molecule has 0 aliphatic carbocycles. The number of carbonyl (C=O) groups is 1. The van der Waals surface area contributed by atoms with Gasteiger partial charge in [-0.15, -0.1) is 0 Å². The van der Waals surface area contributed by atoms with Crippen molar-refractivity contribution in [3.05, 3.63) is 47.9 Å². The van der Waals surface area contributed by atoms with E-state index in [-0.39, 0.29) is 18.6 Å². The number of nitrogens with zero attached hydrogens (tertiary/aromatic N) is 5. The summed E-state index contributed by atoms with van der Waals surface area (Å²) in [5, 5.41) is 5.69. The number of aromatic nitrogens is 4. The Morgan fingerprint density at radius 3 is 2.81 bits per heavy atom. The van der Waals surface area contributed by atoms with Gasteiger partial charge in [-0.25, -0.2) is 9.97 Å². The molecule has 2 aliphatic heterocycles. The number of fused-ring (bicyclic) bond motifs is 1. The molecule has 0 unspecified atom stereocenters. The van der Waals surface area contributed by atoms with E-state index in [1.54, 1.807) is 6.20 Å². The summed E-state index contributed by atoms with van der Waals surface area (Å²) in [5.41, 5.74) is 2.82. The second-order valence-electron chi connectivity index (χ2n) is 8.60. The lowest BCUT2D eigenvalue weighted by Gasteiger charge is -2.31. The van der Waals surface area contributed by atoms with Crippen LogP contribution < -0.4 is 0 Å². The van der Waals surface area contributed by atoms with E-state index in [9.17, 15) is 4.79 Å². The van der Waals surface area contributed by atoms with Gasteiger partial charge in [-0.1, -0.05) is 6.07 Å². The summed E-state index contributed by atoms with van der Waals surface area (Å²) in [7, 11) is 0. The van der Waals surface area contributed by atoms with E-state index in [1.807, 2.05) is 34.7 Å². The Kier molecular flexibility index (Phi) is 6.14. The van der Waals surface area contributed by atoms with Crippen molar-refractivity contribution in [2.75, 3.05) is 32.9 Å². The lowest BCUT2D eigenvalue weighted by molar-refractivity contribution is -0.138. The first-order valence-electron chi connectivity index (χ1n) is 11.4. The average Bonchev–Trinajstić information content (AvgIpc) is 3.47. The van der Waals surface area contributed by atoms with Gasteiger partial charge in [-0.3, -0.25) is 4.79 Å². The van der Waals surface area contributed by atoms with E-state index in [2.05, 4.69) is 22.2 Å². The molecule has 168 valence electrons. The van der Waals surface area contributed by atoms with Crippen LogP contribution in [0, 0.1) is 6.92 Å². The van der Waals surface area contributed by atoms with Crippen molar-refractivity contribution in [1.82, 2.24) is 24.6 Å². The maximum atomic E-state index is 12.5. The molecule has 2 fully saturated rings. The number of amides is 1. The Bertz CT molecular complexity index is 1070. The summed E-state index contributed by atoms with van der Waals surface area (Å²) in [4.78, 5) is 23.8. The SMILES string of the molecule is Cc1nn(-c2ccccn2)c2nc(C3CCN(C(=O)COC[C@@H]4CCCO4)CC3)ccc12. The van der Waals surface area contributed by atoms with Gasteiger partial charge >= 0.3 is 0 Å². The first kappa shape index (κ1) is 21.0. The molecule has 0 radical (unpaired) electrons. The van der Waals surface area contributed by atoms with Crippen molar-refractivity contribution in [1.29, 1.82) is 0 Å². The predicted octanol–water partition coefficient (Wildman–Crippen LogP) is 3.03. The number of aryl methyl sites for hydroxylation is 1. The smallest absolute Gasteiger partial charge is 0.248 e. The minimum absolute atomic E-state index is 0.0636. The van der Waals surface area contributed by atoms with Crippen molar-refractivity contribution in [3.63, 3.8) is 0 Å². The topological polar surface area (TPSA) is 82.4 Å². The monoisotopic (exact) mass is 435 g/mol.